The maximum Gasteiger partial charge on any atom is 0.263 e. The first-order chi connectivity index (χ1) is 11.5. The average molecular weight is 349 g/mol. The lowest BCUT2D eigenvalue weighted by molar-refractivity contribution is 0.577. The zero-order valence-electron chi connectivity index (χ0n) is 13.5. The minimum Gasteiger partial charge on any atom is -0.370 e. The van der Waals surface area contributed by atoms with Crippen LogP contribution in [-0.2, 0) is 10.0 Å². The van der Waals surface area contributed by atoms with Crippen molar-refractivity contribution in [2.24, 2.45) is 0 Å². The number of aryl methyl sites for hydroxylation is 1. The van der Waals surface area contributed by atoms with Crippen LogP contribution in [0.3, 0.4) is 0 Å². The van der Waals surface area contributed by atoms with Crippen molar-refractivity contribution in [1.29, 1.82) is 0 Å². The van der Waals surface area contributed by atoms with Crippen LogP contribution in [0.5, 0.6) is 0 Å². The Morgan fingerprint density at radius 2 is 1.88 bits per heavy atom. The highest BCUT2D eigenvalue weighted by atomic mass is 32.2. The quantitative estimate of drug-likeness (QED) is 0.920. The fourth-order valence-electron chi connectivity index (χ4n) is 2.77. The number of aromatic nitrogens is 1. The van der Waals surface area contributed by atoms with Crippen LogP contribution in [0.1, 0.15) is 24.8 Å². The van der Waals surface area contributed by atoms with Gasteiger partial charge in [0.15, 0.2) is 0 Å². The van der Waals surface area contributed by atoms with Gasteiger partial charge >= 0.3 is 0 Å². The largest absolute Gasteiger partial charge is 0.370 e. The molecule has 7 heteroatoms. The van der Waals surface area contributed by atoms with E-state index in [9.17, 15) is 12.8 Å². The van der Waals surface area contributed by atoms with E-state index in [4.69, 9.17) is 0 Å². The van der Waals surface area contributed by atoms with Gasteiger partial charge in [-0.05, 0) is 62.1 Å². The van der Waals surface area contributed by atoms with Crippen LogP contribution < -0.4 is 9.62 Å². The normalized spacial score (nSPS) is 15.3. The van der Waals surface area contributed by atoms with E-state index in [1.165, 1.54) is 25.5 Å². The summed E-state index contributed by atoms with van der Waals surface area (Å²) in [5, 5.41) is 0. The van der Waals surface area contributed by atoms with Crippen molar-refractivity contribution in [3.8, 4) is 0 Å². The molecule has 1 aromatic heterocycles. The van der Waals surface area contributed by atoms with Gasteiger partial charge in [0.25, 0.3) is 10.0 Å². The summed E-state index contributed by atoms with van der Waals surface area (Å²) in [5.41, 5.74) is 1.28. The minimum absolute atomic E-state index is 0.0170. The summed E-state index contributed by atoms with van der Waals surface area (Å²) >= 11 is 0. The molecule has 3 rings (SSSR count). The molecule has 1 aliphatic rings. The van der Waals surface area contributed by atoms with Crippen LogP contribution in [0.2, 0.25) is 0 Å². The smallest absolute Gasteiger partial charge is 0.263 e. The second-order valence-corrected chi connectivity index (χ2v) is 7.65. The summed E-state index contributed by atoms with van der Waals surface area (Å²) in [6.07, 6.45) is 5.26. The summed E-state index contributed by atoms with van der Waals surface area (Å²) in [4.78, 5) is 6.46. The first-order valence-corrected chi connectivity index (χ1v) is 9.44. The number of hydrogen-bond acceptors (Lipinski definition) is 4. The molecule has 1 N–H and O–H groups in total. The predicted octanol–water partition coefficient (Wildman–Crippen LogP) is 3.32. The molecule has 0 bridgehead atoms. The molecule has 0 aliphatic carbocycles. The SMILES string of the molecule is Cc1cc(S(=O)(=O)Nc2ccc(N3CCCCC3)cn2)ccc1F. The van der Waals surface area contributed by atoms with E-state index >= 15 is 0 Å². The maximum absolute atomic E-state index is 13.3. The highest BCUT2D eigenvalue weighted by Gasteiger charge is 2.17. The summed E-state index contributed by atoms with van der Waals surface area (Å²) in [6.45, 7) is 3.53. The van der Waals surface area contributed by atoms with Gasteiger partial charge in [-0.3, -0.25) is 4.72 Å². The average Bonchev–Trinajstić information content (AvgIpc) is 2.58. The van der Waals surface area contributed by atoms with Crippen LogP contribution in [-0.4, -0.2) is 26.5 Å². The number of nitrogens with one attached hydrogen (secondary N) is 1. The van der Waals surface area contributed by atoms with E-state index in [1.54, 1.807) is 12.3 Å². The van der Waals surface area contributed by atoms with Crippen molar-refractivity contribution < 1.29 is 12.8 Å². The molecule has 24 heavy (non-hydrogen) atoms. The molecule has 1 fully saturated rings. The fraction of sp³-hybridized carbons (Fsp3) is 0.353. The number of piperidine rings is 1. The lowest BCUT2D eigenvalue weighted by Crippen LogP contribution is -2.29. The Balaban J connectivity index is 1.76. The number of nitrogens with zero attached hydrogens (tertiary/aromatic N) is 2. The molecule has 0 atom stereocenters. The number of benzene rings is 1. The van der Waals surface area contributed by atoms with Gasteiger partial charge in [-0.15, -0.1) is 0 Å². The molecule has 1 saturated heterocycles. The van der Waals surface area contributed by atoms with Crippen LogP contribution >= 0.6 is 0 Å². The van der Waals surface area contributed by atoms with E-state index in [0.717, 1.165) is 37.7 Å². The third-order valence-electron chi connectivity index (χ3n) is 4.15. The zero-order valence-corrected chi connectivity index (χ0v) is 14.3. The van der Waals surface area contributed by atoms with Gasteiger partial charge in [0.05, 0.1) is 16.8 Å². The summed E-state index contributed by atoms with van der Waals surface area (Å²) in [6, 6.07) is 7.22. The first-order valence-electron chi connectivity index (χ1n) is 7.96. The third kappa shape index (κ3) is 3.67. The molecule has 2 aromatic rings. The van der Waals surface area contributed by atoms with Gasteiger partial charge in [0.2, 0.25) is 0 Å². The molecule has 5 nitrogen and oxygen atoms in total. The van der Waals surface area contributed by atoms with Gasteiger partial charge in [-0.25, -0.2) is 17.8 Å². The molecular weight excluding hydrogens is 329 g/mol. The van der Waals surface area contributed by atoms with Crippen molar-refractivity contribution >= 4 is 21.5 Å². The molecule has 0 spiro atoms. The Bertz CT molecular complexity index is 816. The Morgan fingerprint density at radius 1 is 1.12 bits per heavy atom. The van der Waals surface area contributed by atoms with Crippen molar-refractivity contribution in [3.63, 3.8) is 0 Å². The number of halogens is 1. The topological polar surface area (TPSA) is 62.3 Å². The lowest BCUT2D eigenvalue weighted by atomic mass is 10.1. The standard InChI is InChI=1S/C17H20FN3O2S/c1-13-11-15(6-7-16(13)18)24(22,23)20-17-8-5-14(12-19-17)21-9-3-2-4-10-21/h5-8,11-12H,2-4,9-10H2,1H3,(H,19,20). The zero-order chi connectivity index (χ0) is 17.2. The van der Waals surface area contributed by atoms with Crippen molar-refractivity contribution in [2.45, 2.75) is 31.1 Å². The number of hydrogen-bond donors (Lipinski definition) is 1. The van der Waals surface area contributed by atoms with Crippen LogP contribution in [0.15, 0.2) is 41.4 Å². The van der Waals surface area contributed by atoms with Gasteiger partial charge in [-0.2, -0.15) is 0 Å². The second-order valence-electron chi connectivity index (χ2n) is 5.97. The molecule has 2 heterocycles. The summed E-state index contributed by atoms with van der Waals surface area (Å²) < 4.78 is 40.5. The molecule has 128 valence electrons. The van der Waals surface area contributed by atoms with Gasteiger partial charge in [-0.1, -0.05) is 0 Å². The fourth-order valence-corrected chi connectivity index (χ4v) is 3.86. The van der Waals surface area contributed by atoms with Gasteiger partial charge < -0.3 is 4.90 Å². The van der Waals surface area contributed by atoms with Gasteiger partial charge in [0, 0.05) is 13.1 Å². The Labute approximate surface area is 141 Å². The highest BCUT2D eigenvalue weighted by Crippen LogP contribution is 2.22. The molecule has 0 unspecified atom stereocenters. The lowest BCUT2D eigenvalue weighted by Gasteiger charge is -2.28. The molecule has 1 aromatic carbocycles. The van der Waals surface area contributed by atoms with Crippen LogP contribution in [0.4, 0.5) is 15.9 Å². The Hall–Kier alpha value is -2.15. The van der Waals surface area contributed by atoms with E-state index in [2.05, 4.69) is 14.6 Å². The van der Waals surface area contributed by atoms with Crippen LogP contribution in [0.25, 0.3) is 0 Å². The number of anilines is 2. The Kier molecular flexibility index (Phi) is 4.71. The maximum atomic E-state index is 13.3. The molecule has 0 saturated carbocycles. The molecular formula is C17H20FN3O2S. The van der Waals surface area contributed by atoms with E-state index < -0.39 is 15.8 Å². The van der Waals surface area contributed by atoms with Crippen LogP contribution in [0, 0.1) is 12.7 Å². The van der Waals surface area contributed by atoms with Gasteiger partial charge in [0.1, 0.15) is 11.6 Å². The minimum atomic E-state index is -3.78. The van der Waals surface area contributed by atoms with Crippen molar-refractivity contribution in [2.75, 3.05) is 22.7 Å². The monoisotopic (exact) mass is 349 g/mol. The predicted molar refractivity (Wildman–Crippen MR) is 92.2 cm³/mol. The van der Waals surface area contributed by atoms with E-state index in [1.807, 2.05) is 6.07 Å². The number of sulfonamides is 1. The summed E-state index contributed by atoms with van der Waals surface area (Å²) in [5.74, 6) is -0.185. The Morgan fingerprint density at radius 3 is 2.50 bits per heavy atom. The number of pyridine rings is 1. The third-order valence-corrected chi connectivity index (χ3v) is 5.50. The molecule has 0 amide bonds. The molecule has 0 radical (unpaired) electrons. The molecule has 1 aliphatic heterocycles. The van der Waals surface area contributed by atoms with Crippen molar-refractivity contribution in [3.05, 3.63) is 47.9 Å². The highest BCUT2D eigenvalue weighted by molar-refractivity contribution is 7.92. The van der Waals surface area contributed by atoms with E-state index in [0.29, 0.717) is 0 Å². The van der Waals surface area contributed by atoms with E-state index in [-0.39, 0.29) is 16.3 Å². The summed E-state index contributed by atoms with van der Waals surface area (Å²) in [7, 11) is -3.78. The van der Waals surface area contributed by atoms with Crippen molar-refractivity contribution in [1.82, 2.24) is 4.98 Å². The first kappa shape index (κ1) is 16.7. The number of rotatable bonds is 4. The second kappa shape index (κ2) is 6.76.